The van der Waals surface area contributed by atoms with Crippen LogP contribution < -0.4 is 5.32 Å². The Morgan fingerprint density at radius 1 is 0.897 bits per heavy atom. The molecule has 0 radical (unpaired) electrons. The Kier molecular flexibility index (Phi) is 7.67. The summed E-state index contributed by atoms with van der Waals surface area (Å²) in [6, 6.07) is 0.337. The lowest BCUT2D eigenvalue weighted by Crippen LogP contribution is -2.33. The number of pyridine rings is 1. The van der Waals surface area contributed by atoms with Gasteiger partial charge in [-0.05, 0) is 49.6 Å². The van der Waals surface area contributed by atoms with Crippen LogP contribution in [0.1, 0.15) is 53.7 Å². The number of cyclic esters (lactones) is 1. The van der Waals surface area contributed by atoms with Crippen LogP contribution in [0.5, 0.6) is 0 Å². The molecule has 0 aliphatic carbocycles. The highest BCUT2D eigenvalue weighted by Crippen LogP contribution is 2.41. The third kappa shape index (κ3) is 6.50. The van der Waals surface area contributed by atoms with Gasteiger partial charge in [0.15, 0.2) is 0 Å². The summed E-state index contributed by atoms with van der Waals surface area (Å²) in [5, 5.41) is 3.04. The highest BCUT2D eigenvalue weighted by atomic mass is 19.4. The van der Waals surface area contributed by atoms with Gasteiger partial charge in [0.05, 0.1) is 29.3 Å². The molecule has 1 aromatic carbocycles. The lowest BCUT2D eigenvalue weighted by molar-refractivity contribution is -0.143. The molecule has 4 rings (SSSR count). The van der Waals surface area contributed by atoms with E-state index in [0.29, 0.717) is 44.4 Å². The van der Waals surface area contributed by atoms with Gasteiger partial charge in [-0.25, -0.2) is 9.78 Å². The fourth-order valence-electron chi connectivity index (χ4n) is 4.44. The van der Waals surface area contributed by atoms with Gasteiger partial charge in [-0.3, -0.25) is 4.90 Å². The van der Waals surface area contributed by atoms with E-state index in [0.717, 1.165) is 11.0 Å². The predicted octanol–water partition coefficient (Wildman–Crippen LogP) is 6.81. The molecule has 0 spiro atoms. The first-order chi connectivity index (χ1) is 18.0. The second-order valence-electron chi connectivity index (χ2n) is 9.27. The second kappa shape index (κ2) is 10.4. The third-order valence-electron chi connectivity index (χ3n) is 6.53. The Balaban J connectivity index is 1.66. The highest BCUT2D eigenvalue weighted by Gasteiger charge is 2.44. The van der Waals surface area contributed by atoms with Crippen molar-refractivity contribution in [3.05, 3.63) is 58.3 Å². The van der Waals surface area contributed by atoms with Crippen molar-refractivity contribution in [3.63, 3.8) is 0 Å². The van der Waals surface area contributed by atoms with Crippen molar-refractivity contribution in [2.75, 3.05) is 18.5 Å². The summed E-state index contributed by atoms with van der Waals surface area (Å²) in [6.07, 6.45) is -15.9. The van der Waals surface area contributed by atoms with E-state index in [-0.39, 0.29) is 23.5 Å². The number of rotatable bonds is 5. The number of hydrogen-bond donors (Lipinski definition) is 1. The number of carbonyl (C=O) groups excluding carboxylic acids is 1. The minimum Gasteiger partial charge on any atom is -0.439 e. The van der Waals surface area contributed by atoms with Crippen molar-refractivity contribution < 1.29 is 53.8 Å². The largest absolute Gasteiger partial charge is 0.439 e. The van der Waals surface area contributed by atoms with Crippen LogP contribution in [0.25, 0.3) is 0 Å². The minimum atomic E-state index is -5.12. The van der Waals surface area contributed by atoms with E-state index < -0.39 is 65.6 Å². The summed E-state index contributed by atoms with van der Waals surface area (Å²) < 4.78 is 131. The Morgan fingerprint density at radius 2 is 1.46 bits per heavy atom. The number of ether oxygens (including phenoxy) is 2. The summed E-state index contributed by atoms with van der Waals surface area (Å²) in [5.41, 5.74) is -4.87. The fourth-order valence-corrected chi connectivity index (χ4v) is 4.44. The van der Waals surface area contributed by atoms with Gasteiger partial charge in [0.1, 0.15) is 11.9 Å². The molecule has 0 saturated carbocycles. The van der Waals surface area contributed by atoms with Crippen molar-refractivity contribution in [1.29, 1.82) is 0 Å². The third-order valence-corrected chi connectivity index (χ3v) is 6.53. The number of aromatic nitrogens is 1. The maximum atomic E-state index is 13.4. The average Bonchev–Trinajstić information content (AvgIpc) is 3.12. The molecule has 1 aromatic heterocycles. The van der Waals surface area contributed by atoms with Crippen molar-refractivity contribution in [2.45, 2.75) is 63.0 Å². The second-order valence-corrected chi connectivity index (χ2v) is 9.27. The van der Waals surface area contributed by atoms with E-state index in [9.17, 15) is 44.3 Å². The van der Waals surface area contributed by atoms with E-state index in [2.05, 4.69) is 10.3 Å². The van der Waals surface area contributed by atoms with Crippen LogP contribution in [-0.4, -0.2) is 41.3 Å². The summed E-state index contributed by atoms with van der Waals surface area (Å²) in [4.78, 5) is 17.5. The molecule has 6 nitrogen and oxygen atoms in total. The molecule has 39 heavy (non-hydrogen) atoms. The summed E-state index contributed by atoms with van der Waals surface area (Å²) in [5.74, 6) is 0.0526. The molecule has 214 valence electrons. The molecule has 0 bridgehead atoms. The standard InChI is InChI=1S/C24H22F9N3O3/c1-12-19(13-6-15(22(25,26)27)9-16(7-13)23(28,29)30)39-21(37)36(12)11-14-8-17(24(31,32)33)10-34-20(14)35-18-2-4-38-5-3-18/h6-10,12,18-19H,2-5,11H2,1H3,(H,34,35)/t12-,19-/m0/s1. The van der Waals surface area contributed by atoms with Gasteiger partial charge >= 0.3 is 24.6 Å². The van der Waals surface area contributed by atoms with Crippen LogP contribution in [0.4, 0.5) is 50.1 Å². The zero-order chi connectivity index (χ0) is 28.8. The molecular weight excluding hydrogens is 549 g/mol. The Bertz CT molecular complexity index is 1180. The van der Waals surface area contributed by atoms with Gasteiger partial charge in [-0.2, -0.15) is 39.5 Å². The van der Waals surface area contributed by atoms with E-state index in [4.69, 9.17) is 9.47 Å². The molecular formula is C24H22F9N3O3. The van der Waals surface area contributed by atoms with Gasteiger partial charge in [0.2, 0.25) is 0 Å². The number of alkyl halides is 9. The molecule has 2 saturated heterocycles. The van der Waals surface area contributed by atoms with Gasteiger partial charge in [0, 0.05) is 31.0 Å². The molecule has 2 aromatic rings. The summed E-state index contributed by atoms with van der Waals surface area (Å²) >= 11 is 0. The first kappa shape index (κ1) is 28.8. The van der Waals surface area contributed by atoms with Crippen molar-refractivity contribution >= 4 is 11.9 Å². The van der Waals surface area contributed by atoms with Crippen molar-refractivity contribution in [2.24, 2.45) is 0 Å². The normalized spacial score (nSPS) is 21.3. The van der Waals surface area contributed by atoms with E-state index in [1.54, 1.807) is 0 Å². The molecule has 2 aliphatic heterocycles. The monoisotopic (exact) mass is 571 g/mol. The van der Waals surface area contributed by atoms with Crippen LogP contribution >= 0.6 is 0 Å². The number of halogens is 9. The number of carbonyl (C=O) groups is 1. The zero-order valence-corrected chi connectivity index (χ0v) is 20.2. The highest BCUT2D eigenvalue weighted by molar-refractivity contribution is 5.71. The van der Waals surface area contributed by atoms with E-state index in [1.165, 1.54) is 6.92 Å². The number of amides is 1. The van der Waals surface area contributed by atoms with Crippen LogP contribution in [0.3, 0.4) is 0 Å². The Labute approximate surface area is 216 Å². The Hall–Kier alpha value is -3.23. The first-order valence-corrected chi connectivity index (χ1v) is 11.7. The van der Waals surface area contributed by atoms with Gasteiger partial charge in [0.25, 0.3) is 0 Å². The predicted molar refractivity (Wildman–Crippen MR) is 117 cm³/mol. The lowest BCUT2D eigenvalue weighted by Gasteiger charge is -2.27. The van der Waals surface area contributed by atoms with Gasteiger partial charge < -0.3 is 14.8 Å². The number of nitrogens with one attached hydrogen (secondary N) is 1. The first-order valence-electron chi connectivity index (χ1n) is 11.7. The number of hydrogen-bond acceptors (Lipinski definition) is 5. The number of benzene rings is 1. The maximum Gasteiger partial charge on any atom is 0.417 e. The molecule has 3 heterocycles. The zero-order valence-electron chi connectivity index (χ0n) is 20.2. The average molecular weight is 571 g/mol. The minimum absolute atomic E-state index is 0.0503. The van der Waals surface area contributed by atoms with E-state index in [1.807, 2.05) is 0 Å². The topological polar surface area (TPSA) is 63.7 Å². The quantitative estimate of drug-likeness (QED) is 0.400. The molecule has 1 N–H and O–H groups in total. The van der Waals surface area contributed by atoms with Crippen LogP contribution in [0.15, 0.2) is 30.5 Å². The Morgan fingerprint density at radius 3 is 2.00 bits per heavy atom. The van der Waals surface area contributed by atoms with E-state index >= 15 is 0 Å². The van der Waals surface area contributed by atoms with Gasteiger partial charge in [-0.1, -0.05) is 0 Å². The number of anilines is 1. The van der Waals surface area contributed by atoms with Gasteiger partial charge in [-0.15, -0.1) is 0 Å². The molecule has 0 unspecified atom stereocenters. The van der Waals surface area contributed by atoms with Crippen molar-refractivity contribution in [3.8, 4) is 0 Å². The van der Waals surface area contributed by atoms with Crippen LogP contribution in [-0.2, 0) is 34.5 Å². The SMILES string of the molecule is C[C@H]1[C@@H](c2cc(C(F)(F)F)cc(C(F)(F)F)c2)OC(=O)N1Cc1cc(C(F)(F)F)cnc1NC1CCOCC1. The van der Waals surface area contributed by atoms with Crippen LogP contribution in [0.2, 0.25) is 0 Å². The maximum absolute atomic E-state index is 13.4. The molecule has 1 amide bonds. The smallest absolute Gasteiger partial charge is 0.417 e. The lowest BCUT2D eigenvalue weighted by atomic mass is 9.97. The number of nitrogens with zero attached hydrogens (tertiary/aromatic N) is 2. The molecule has 15 heteroatoms. The summed E-state index contributed by atoms with van der Waals surface area (Å²) in [6.45, 7) is 1.66. The van der Waals surface area contributed by atoms with Crippen molar-refractivity contribution in [1.82, 2.24) is 9.88 Å². The van der Waals surface area contributed by atoms with Crippen LogP contribution in [0, 0.1) is 0 Å². The summed E-state index contributed by atoms with van der Waals surface area (Å²) in [7, 11) is 0. The molecule has 2 fully saturated rings. The fraction of sp³-hybridized carbons (Fsp3) is 0.500. The molecule has 2 atom stereocenters. The molecule has 2 aliphatic rings.